The summed E-state index contributed by atoms with van der Waals surface area (Å²) in [6.45, 7) is 7.86. The number of amides is 2. The highest BCUT2D eigenvalue weighted by molar-refractivity contribution is 6.02. The molecule has 8 nitrogen and oxygen atoms in total. The second-order valence-corrected chi connectivity index (χ2v) is 7.11. The van der Waals surface area contributed by atoms with Crippen molar-refractivity contribution in [3.8, 4) is 0 Å². The first-order chi connectivity index (χ1) is 12.8. The van der Waals surface area contributed by atoms with Crippen LogP contribution in [0.1, 0.15) is 50.4 Å². The van der Waals surface area contributed by atoms with Crippen molar-refractivity contribution < 1.29 is 14.5 Å². The van der Waals surface area contributed by atoms with Gasteiger partial charge >= 0.3 is 0 Å². The van der Waals surface area contributed by atoms with E-state index in [2.05, 4.69) is 22.5 Å². The van der Waals surface area contributed by atoms with Gasteiger partial charge in [0.2, 0.25) is 5.91 Å². The van der Waals surface area contributed by atoms with Crippen LogP contribution in [-0.4, -0.2) is 42.4 Å². The van der Waals surface area contributed by atoms with Gasteiger partial charge in [-0.05, 0) is 38.2 Å². The van der Waals surface area contributed by atoms with Gasteiger partial charge in [-0.3, -0.25) is 19.7 Å². The van der Waals surface area contributed by atoms with Gasteiger partial charge in [-0.25, -0.2) is 0 Å². The van der Waals surface area contributed by atoms with Gasteiger partial charge in [0.15, 0.2) is 0 Å². The third-order valence-electron chi connectivity index (χ3n) is 4.85. The molecule has 2 amide bonds. The number of rotatable bonds is 7. The highest BCUT2D eigenvalue weighted by Crippen LogP contribution is 2.29. The van der Waals surface area contributed by atoms with Gasteiger partial charge in [-0.2, -0.15) is 0 Å². The summed E-state index contributed by atoms with van der Waals surface area (Å²) >= 11 is 0. The molecule has 1 saturated heterocycles. The molecule has 0 bridgehead atoms. The van der Waals surface area contributed by atoms with E-state index in [-0.39, 0.29) is 17.2 Å². The van der Waals surface area contributed by atoms with Crippen molar-refractivity contribution in [2.45, 2.75) is 46.1 Å². The summed E-state index contributed by atoms with van der Waals surface area (Å²) < 4.78 is 0. The first-order valence-corrected chi connectivity index (χ1v) is 9.45. The minimum Gasteiger partial charge on any atom is -0.371 e. The molecular formula is C19H28N4O4. The predicted molar refractivity (Wildman–Crippen MR) is 104 cm³/mol. The zero-order valence-electron chi connectivity index (χ0n) is 16.2. The summed E-state index contributed by atoms with van der Waals surface area (Å²) in [6.07, 6.45) is 2.82. The molecule has 8 heteroatoms. The minimum atomic E-state index is -0.724. The zero-order chi connectivity index (χ0) is 20.0. The summed E-state index contributed by atoms with van der Waals surface area (Å²) in [5.74, 6) is -0.130. The van der Waals surface area contributed by atoms with Crippen LogP contribution in [-0.2, 0) is 4.79 Å². The molecule has 2 N–H and O–H groups in total. The molecule has 2 rings (SSSR count). The van der Waals surface area contributed by atoms with Crippen molar-refractivity contribution >= 4 is 23.2 Å². The van der Waals surface area contributed by atoms with Crippen molar-refractivity contribution in [2.75, 3.05) is 24.5 Å². The van der Waals surface area contributed by atoms with Crippen molar-refractivity contribution in [1.29, 1.82) is 0 Å². The molecule has 1 aromatic rings. The van der Waals surface area contributed by atoms with Crippen LogP contribution in [0, 0.1) is 16.0 Å². The van der Waals surface area contributed by atoms with E-state index in [0.29, 0.717) is 18.2 Å². The van der Waals surface area contributed by atoms with E-state index in [0.717, 1.165) is 32.4 Å². The molecular weight excluding hydrogens is 348 g/mol. The highest BCUT2D eigenvalue weighted by atomic mass is 16.6. The fourth-order valence-corrected chi connectivity index (χ4v) is 3.09. The van der Waals surface area contributed by atoms with Crippen molar-refractivity contribution in [3.05, 3.63) is 33.9 Å². The third kappa shape index (κ3) is 5.42. The first-order valence-electron chi connectivity index (χ1n) is 9.45. The van der Waals surface area contributed by atoms with E-state index in [1.807, 2.05) is 6.92 Å². The molecule has 1 atom stereocenters. The van der Waals surface area contributed by atoms with Crippen LogP contribution in [0.5, 0.6) is 0 Å². The molecule has 0 saturated carbocycles. The maximum Gasteiger partial charge on any atom is 0.270 e. The van der Waals surface area contributed by atoms with Gasteiger partial charge in [0.1, 0.15) is 6.04 Å². The van der Waals surface area contributed by atoms with E-state index < -0.39 is 16.9 Å². The molecule has 0 unspecified atom stereocenters. The Hall–Kier alpha value is -2.64. The molecule has 1 aliphatic rings. The van der Waals surface area contributed by atoms with Crippen LogP contribution in [0.3, 0.4) is 0 Å². The fraction of sp³-hybridized carbons (Fsp3) is 0.579. The molecule has 1 aromatic carbocycles. The number of nitrogens with zero attached hydrogens (tertiary/aromatic N) is 2. The van der Waals surface area contributed by atoms with Gasteiger partial charge < -0.3 is 15.5 Å². The van der Waals surface area contributed by atoms with Crippen molar-refractivity contribution in [3.63, 3.8) is 0 Å². The molecule has 148 valence electrons. The normalized spacial score (nSPS) is 15.9. The smallest absolute Gasteiger partial charge is 0.270 e. The Balaban J connectivity index is 2.23. The molecule has 27 heavy (non-hydrogen) atoms. The van der Waals surface area contributed by atoms with E-state index in [1.165, 1.54) is 12.1 Å². The minimum absolute atomic E-state index is 0.141. The lowest BCUT2D eigenvalue weighted by atomic mass is 9.97. The number of nitrogens with one attached hydrogen (secondary N) is 2. The highest BCUT2D eigenvalue weighted by Gasteiger charge is 2.25. The number of piperidine rings is 1. The molecule has 1 aliphatic heterocycles. The van der Waals surface area contributed by atoms with Gasteiger partial charge in [0, 0.05) is 31.8 Å². The van der Waals surface area contributed by atoms with Crippen LogP contribution < -0.4 is 15.5 Å². The predicted octanol–water partition coefficient (Wildman–Crippen LogP) is 2.48. The Bertz CT molecular complexity index is 699. The molecule has 1 heterocycles. The quantitative estimate of drug-likeness (QED) is 0.562. The zero-order valence-corrected chi connectivity index (χ0v) is 16.2. The second-order valence-electron chi connectivity index (χ2n) is 7.11. The van der Waals surface area contributed by atoms with Crippen molar-refractivity contribution in [2.24, 2.45) is 5.92 Å². The SMILES string of the molecule is CCCNC(=O)[C@H](C)NC(=O)c1cc([N+](=O)[O-])ccc1N1CCC(C)CC1. The number of nitro benzene ring substituents is 1. The Labute approximate surface area is 159 Å². The van der Waals surface area contributed by atoms with Crippen LogP contribution in [0.25, 0.3) is 0 Å². The van der Waals surface area contributed by atoms with Crippen LogP contribution in [0.15, 0.2) is 18.2 Å². The van der Waals surface area contributed by atoms with E-state index in [4.69, 9.17) is 0 Å². The van der Waals surface area contributed by atoms with Gasteiger partial charge in [-0.15, -0.1) is 0 Å². The summed E-state index contributed by atoms with van der Waals surface area (Å²) in [5.41, 5.74) is 0.762. The van der Waals surface area contributed by atoms with E-state index >= 15 is 0 Å². The Kier molecular flexibility index (Phi) is 7.15. The van der Waals surface area contributed by atoms with E-state index in [9.17, 15) is 19.7 Å². The topological polar surface area (TPSA) is 105 Å². The van der Waals surface area contributed by atoms with Gasteiger partial charge in [0.25, 0.3) is 11.6 Å². The number of hydrogen-bond acceptors (Lipinski definition) is 5. The van der Waals surface area contributed by atoms with Crippen LogP contribution in [0.2, 0.25) is 0 Å². The van der Waals surface area contributed by atoms with Crippen LogP contribution >= 0.6 is 0 Å². The molecule has 0 aliphatic carbocycles. The molecule has 1 fully saturated rings. The lowest BCUT2D eigenvalue weighted by Crippen LogP contribution is -2.45. The summed E-state index contributed by atoms with van der Waals surface area (Å²) in [5, 5.41) is 16.5. The number of carbonyl (C=O) groups excluding carboxylic acids is 2. The number of nitro groups is 1. The van der Waals surface area contributed by atoms with E-state index in [1.54, 1.807) is 13.0 Å². The number of hydrogen-bond donors (Lipinski definition) is 2. The summed E-state index contributed by atoms with van der Waals surface area (Å²) in [6, 6.07) is 3.61. The lowest BCUT2D eigenvalue weighted by molar-refractivity contribution is -0.384. The Morgan fingerprint density at radius 1 is 1.33 bits per heavy atom. The van der Waals surface area contributed by atoms with Gasteiger partial charge in [-0.1, -0.05) is 13.8 Å². The second kappa shape index (κ2) is 9.34. The average Bonchev–Trinajstić information content (AvgIpc) is 2.66. The number of non-ortho nitro benzene ring substituents is 1. The summed E-state index contributed by atoms with van der Waals surface area (Å²) in [7, 11) is 0. The Morgan fingerprint density at radius 2 is 2.00 bits per heavy atom. The molecule has 0 radical (unpaired) electrons. The lowest BCUT2D eigenvalue weighted by Gasteiger charge is -2.33. The Morgan fingerprint density at radius 3 is 2.59 bits per heavy atom. The number of carbonyl (C=O) groups is 2. The molecule has 0 spiro atoms. The maximum atomic E-state index is 12.8. The molecule has 0 aromatic heterocycles. The number of benzene rings is 1. The average molecular weight is 376 g/mol. The van der Waals surface area contributed by atoms with Gasteiger partial charge in [0.05, 0.1) is 16.2 Å². The fourth-order valence-electron chi connectivity index (χ4n) is 3.09. The number of anilines is 1. The standard InChI is InChI=1S/C19H28N4O4/c1-4-9-20-18(24)14(3)21-19(25)16-12-15(23(26)27)5-6-17(16)22-10-7-13(2)8-11-22/h5-6,12-14H,4,7-11H2,1-3H3,(H,20,24)(H,21,25)/t14-/m0/s1. The van der Waals surface area contributed by atoms with Crippen molar-refractivity contribution in [1.82, 2.24) is 10.6 Å². The first kappa shape index (κ1) is 20.7. The van der Waals surface area contributed by atoms with Crippen LogP contribution in [0.4, 0.5) is 11.4 Å². The monoisotopic (exact) mass is 376 g/mol. The largest absolute Gasteiger partial charge is 0.371 e. The summed E-state index contributed by atoms with van der Waals surface area (Å²) in [4.78, 5) is 37.5. The third-order valence-corrected chi connectivity index (χ3v) is 4.85. The maximum absolute atomic E-state index is 12.8.